The van der Waals surface area contributed by atoms with E-state index in [9.17, 15) is 15.0 Å². The van der Waals surface area contributed by atoms with Crippen molar-refractivity contribution in [3.8, 4) is 22.8 Å². The number of benzene rings is 1. The third kappa shape index (κ3) is 4.43. The van der Waals surface area contributed by atoms with Gasteiger partial charge in [-0.2, -0.15) is 0 Å². The lowest BCUT2D eigenvalue weighted by Crippen LogP contribution is -2.35. The molecule has 36 heavy (non-hydrogen) atoms. The summed E-state index contributed by atoms with van der Waals surface area (Å²) in [5.74, 6) is 0.0286. The van der Waals surface area contributed by atoms with Crippen LogP contribution in [0.4, 0.5) is 5.95 Å². The number of rotatable bonds is 7. The number of nitrogens with one attached hydrogen (secondary N) is 1. The molecule has 0 unspecified atom stereocenters. The molecule has 0 bridgehead atoms. The van der Waals surface area contributed by atoms with Crippen molar-refractivity contribution < 1.29 is 19.5 Å². The zero-order valence-electron chi connectivity index (χ0n) is 19.9. The van der Waals surface area contributed by atoms with Gasteiger partial charge in [0, 0.05) is 32.3 Å². The second-order valence-corrected chi connectivity index (χ2v) is 8.86. The highest BCUT2D eigenvalue weighted by atomic mass is 16.5. The number of anilines is 1. The van der Waals surface area contributed by atoms with Gasteiger partial charge in [0.25, 0.3) is 5.91 Å². The van der Waals surface area contributed by atoms with Crippen LogP contribution >= 0.6 is 0 Å². The lowest BCUT2D eigenvalue weighted by atomic mass is 9.98. The second kappa shape index (κ2) is 9.48. The Hall–Kier alpha value is -4.15. The maximum absolute atomic E-state index is 12.4. The van der Waals surface area contributed by atoms with Crippen molar-refractivity contribution in [1.82, 2.24) is 25.0 Å². The molecule has 4 aromatic rings. The minimum atomic E-state index is -1.72. The molecule has 0 radical (unpaired) electrons. The lowest BCUT2D eigenvalue weighted by Gasteiger charge is -2.22. The Labute approximate surface area is 207 Å². The number of likely N-dealkylation sites (tertiary alicyclic amines) is 1. The Kier molecular flexibility index (Phi) is 6.21. The first-order chi connectivity index (χ1) is 17.3. The van der Waals surface area contributed by atoms with Gasteiger partial charge in [-0.1, -0.05) is 41.6 Å². The van der Waals surface area contributed by atoms with Crippen LogP contribution in [0.3, 0.4) is 0 Å². The predicted molar refractivity (Wildman–Crippen MR) is 131 cm³/mol. The van der Waals surface area contributed by atoms with Crippen LogP contribution in [-0.2, 0) is 10.4 Å². The van der Waals surface area contributed by atoms with Gasteiger partial charge in [-0.25, -0.2) is 15.0 Å². The quantitative estimate of drug-likeness (QED) is 0.360. The van der Waals surface area contributed by atoms with E-state index in [4.69, 9.17) is 4.52 Å². The van der Waals surface area contributed by atoms with E-state index in [1.807, 2.05) is 42.5 Å². The lowest BCUT2D eigenvalue weighted by molar-refractivity contribution is -0.144. The molecule has 3 aromatic heterocycles. The van der Waals surface area contributed by atoms with Crippen LogP contribution in [-0.4, -0.2) is 60.8 Å². The summed E-state index contributed by atoms with van der Waals surface area (Å²) in [5, 5.41) is 28.4. The largest absolute Gasteiger partial charge is 0.391 e. The van der Waals surface area contributed by atoms with Crippen LogP contribution in [0.1, 0.15) is 30.7 Å². The molecule has 0 aliphatic carbocycles. The van der Waals surface area contributed by atoms with E-state index in [0.717, 1.165) is 5.56 Å². The average Bonchev–Trinajstić information content (AvgIpc) is 3.50. The molecular weight excluding hydrogens is 460 g/mol. The Morgan fingerprint density at radius 3 is 2.44 bits per heavy atom. The monoisotopic (exact) mass is 486 g/mol. The number of carbonyl (C=O) groups is 1. The molecule has 0 saturated carbocycles. The summed E-state index contributed by atoms with van der Waals surface area (Å²) in [6.45, 7) is 2.14. The van der Waals surface area contributed by atoms with Crippen LogP contribution in [0, 0.1) is 0 Å². The fourth-order valence-electron chi connectivity index (χ4n) is 4.25. The molecule has 1 saturated heterocycles. The van der Waals surface area contributed by atoms with E-state index < -0.39 is 23.7 Å². The highest BCUT2D eigenvalue weighted by Crippen LogP contribution is 2.34. The van der Waals surface area contributed by atoms with Gasteiger partial charge in [-0.3, -0.25) is 4.79 Å². The fourth-order valence-corrected chi connectivity index (χ4v) is 4.25. The predicted octanol–water partition coefficient (Wildman–Crippen LogP) is 2.78. The zero-order chi connectivity index (χ0) is 25.3. The number of hydrogen-bond donors (Lipinski definition) is 3. The number of aromatic nitrogens is 4. The van der Waals surface area contributed by atoms with E-state index in [-0.39, 0.29) is 12.2 Å². The van der Waals surface area contributed by atoms with Crippen LogP contribution < -0.4 is 5.32 Å². The van der Waals surface area contributed by atoms with Crippen molar-refractivity contribution in [3.05, 3.63) is 78.2 Å². The highest BCUT2D eigenvalue weighted by molar-refractivity contribution is 5.87. The van der Waals surface area contributed by atoms with Crippen LogP contribution in [0.25, 0.3) is 22.8 Å². The van der Waals surface area contributed by atoms with Crippen molar-refractivity contribution in [2.75, 3.05) is 18.9 Å². The van der Waals surface area contributed by atoms with Crippen molar-refractivity contribution in [1.29, 1.82) is 0 Å². The van der Waals surface area contributed by atoms with Crippen LogP contribution in [0.2, 0.25) is 0 Å². The number of carbonyl (C=O) groups excluding carboxylic acids is 1. The van der Waals surface area contributed by atoms with E-state index in [0.29, 0.717) is 35.3 Å². The van der Waals surface area contributed by atoms with Crippen molar-refractivity contribution in [3.63, 3.8) is 0 Å². The van der Waals surface area contributed by atoms with E-state index in [1.165, 1.54) is 4.90 Å². The molecule has 1 aliphatic rings. The molecule has 3 N–H and O–H groups in total. The molecule has 5 rings (SSSR count). The van der Waals surface area contributed by atoms with Gasteiger partial charge in [0.1, 0.15) is 5.69 Å². The van der Waals surface area contributed by atoms with Gasteiger partial charge in [-0.15, -0.1) is 0 Å². The number of nitrogens with zero attached hydrogens (tertiary/aromatic N) is 5. The molecule has 1 fully saturated rings. The molecular formula is C26H26N6O4. The number of aliphatic hydroxyl groups excluding tert-OH is 1. The summed E-state index contributed by atoms with van der Waals surface area (Å²) in [7, 11) is 1.64. The van der Waals surface area contributed by atoms with Crippen molar-refractivity contribution in [2.45, 2.75) is 31.1 Å². The summed E-state index contributed by atoms with van der Waals surface area (Å²) in [6, 6.07) is 17.9. The first-order valence-electron chi connectivity index (χ1n) is 11.6. The van der Waals surface area contributed by atoms with Crippen molar-refractivity contribution in [2.24, 2.45) is 0 Å². The van der Waals surface area contributed by atoms with Gasteiger partial charge in [0.2, 0.25) is 11.5 Å². The number of pyridine rings is 1. The summed E-state index contributed by atoms with van der Waals surface area (Å²) in [4.78, 5) is 27.4. The normalized spacial score (nSPS) is 19.3. The summed E-state index contributed by atoms with van der Waals surface area (Å²) in [5.41, 5.74) is 1.24. The Morgan fingerprint density at radius 1 is 1.03 bits per heavy atom. The highest BCUT2D eigenvalue weighted by Gasteiger charge is 2.48. The number of hydrogen-bond acceptors (Lipinski definition) is 9. The minimum absolute atomic E-state index is 0.0950. The average molecular weight is 487 g/mol. The SMILES string of the molecule is C[C@@H](O)[C@H](Nc1nccc(-c2cccc(-c3cc([C@]4(O)CCN(C)C4=O)on3)n2)n1)c1ccccc1. The fraction of sp³-hybridized carbons (Fsp3) is 0.269. The summed E-state index contributed by atoms with van der Waals surface area (Å²) in [6.07, 6.45) is 1.18. The van der Waals surface area contributed by atoms with Crippen molar-refractivity contribution >= 4 is 11.9 Å². The Morgan fingerprint density at radius 2 is 1.75 bits per heavy atom. The number of aliphatic hydroxyl groups is 2. The Bertz CT molecular complexity index is 1380. The zero-order valence-corrected chi connectivity index (χ0v) is 19.9. The third-order valence-electron chi connectivity index (χ3n) is 6.28. The first-order valence-corrected chi connectivity index (χ1v) is 11.6. The topological polar surface area (TPSA) is 138 Å². The van der Waals surface area contributed by atoms with Crippen LogP contribution in [0.15, 0.2) is 71.4 Å². The van der Waals surface area contributed by atoms with E-state index in [1.54, 1.807) is 38.4 Å². The molecule has 10 nitrogen and oxygen atoms in total. The molecule has 184 valence electrons. The van der Waals surface area contributed by atoms with Gasteiger partial charge in [0.15, 0.2) is 5.76 Å². The summed E-state index contributed by atoms with van der Waals surface area (Å²) < 4.78 is 5.35. The minimum Gasteiger partial charge on any atom is -0.391 e. The summed E-state index contributed by atoms with van der Waals surface area (Å²) >= 11 is 0. The van der Waals surface area contributed by atoms with Gasteiger partial charge < -0.3 is 25.0 Å². The van der Waals surface area contributed by atoms with E-state index >= 15 is 0 Å². The van der Waals surface area contributed by atoms with Crippen LogP contribution in [0.5, 0.6) is 0 Å². The standard InChI is InChI=1S/C26H26N6O4/c1-16(33)23(17-7-4-3-5-8-17)30-25-27-13-11-20(29-25)18-9-6-10-19(28-18)21-15-22(36-31-21)26(35)12-14-32(2)24(26)34/h3-11,13,15-16,23,33,35H,12,14H2,1-2H3,(H,27,29,30)/t16-,23+,26-/m1/s1. The third-order valence-corrected chi connectivity index (χ3v) is 6.28. The maximum Gasteiger partial charge on any atom is 0.262 e. The van der Waals surface area contributed by atoms with Gasteiger partial charge in [-0.05, 0) is 30.7 Å². The molecule has 4 heterocycles. The molecule has 1 aliphatic heterocycles. The molecule has 1 amide bonds. The second-order valence-electron chi connectivity index (χ2n) is 8.86. The first kappa shape index (κ1) is 23.6. The van der Waals surface area contributed by atoms with Gasteiger partial charge >= 0.3 is 0 Å². The molecule has 1 aromatic carbocycles. The molecule has 3 atom stereocenters. The number of likely N-dealkylation sites (N-methyl/N-ethyl adjacent to an activating group) is 1. The molecule has 0 spiro atoms. The maximum atomic E-state index is 12.4. The smallest absolute Gasteiger partial charge is 0.262 e. The number of amides is 1. The molecule has 10 heteroatoms. The Balaban J connectivity index is 1.40. The van der Waals surface area contributed by atoms with Gasteiger partial charge in [0.05, 0.1) is 29.2 Å². The van der Waals surface area contributed by atoms with E-state index in [2.05, 4.69) is 25.4 Å².